The quantitative estimate of drug-likeness (QED) is 0.555. The van der Waals surface area contributed by atoms with E-state index in [0.29, 0.717) is 12.4 Å². The third kappa shape index (κ3) is 4.52. The Morgan fingerprint density at radius 1 is 1.13 bits per heavy atom. The van der Waals surface area contributed by atoms with E-state index < -0.39 is 12.1 Å². The van der Waals surface area contributed by atoms with E-state index in [1.54, 1.807) is 24.3 Å². The molecule has 0 saturated carbocycles. The van der Waals surface area contributed by atoms with Crippen molar-refractivity contribution in [1.82, 2.24) is 5.32 Å². The molecule has 0 aromatic heterocycles. The largest absolute Gasteiger partial charge is 0.508 e. The number of hydrogen-bond acceptors (Lipinski definition) is 8. The van der Waals surface area contributed by atoms with E-state index in [4.69, 9.17) is 10.5 Å². The second kappa shape index (κ2) is 8.83. The van der Waals surface area contributed by atoms with Gasteiger partial charge in [-0.2, -0.15) is 5.11 Å². The number of azo groups is 1. The number of nitrogens with two attached hydrogens (primary N) is 1. The van der Waals surface area contributed by atoms with E-state index in [0.717, 1.165) is 43.2 Å². The first-order chi connectivity index (χ1) is 14.6. The molecule has 156 valence electrons. The average Bonchev–Trinajstić information content (AvgIpc) is 3.17. The van der Waals surface area contributed by atoms with Crippen LogP contribution in [0, 0.1) is 0 Å². The van der Waals surface area contributed by atoms with Gasteiger partial charge in [0, 0.05) is 31.0 Å². The van der Waals surface area contributed by atoms with Crippen LogP contribution in [0.5, 0.6) is 5.75 Å². The lowest BCUT2D eigenvalue weighted by molar-refractivity contribution is -0.114. The molecule has 0 bridgehead atoms. The first-order valence-corrected chi connectivity index (χ1v) is 9.76. The van der Waals surface area contributed by atoms with Crippen molar-refractivity contribution in [2.24, 2.45) is 16.0 Å². The molecular formula is C21H24N6O3. The van der Waals surface area contributed by atoms with Crippen LogP contribution < -0.4 is 21.3 Å². The van der Waals surface area contributed by atoms with Gasteiger partial charge >= 0.3 is 0 Å². The summed E-state index contributed by atoms with van der Waals surface area (Å²) < 4.78 is 5.39. The zero-order valence-corrected chi connectivity index (χ0v) is 16.4. The molecule has 0 aliphatic carbocycles. The predicted molar refractivity (Wildman–Crippen MR) is 113 cm³/mol. The summed E-state index contributed by atoms with van der Waals surface area (Å²) in [5.41, 5.74) is 8.74. The molecule has 0 spiro atoms. The molecule has 1 unspecified atom stereocenters. The summed E-state index contributed by atoms with van der Waals surface area (Å²) >= 11 is 0. The van der Waals surface area contributed by atoms with Crippen molar-refractivity contribution in [3.05, 3.63) is 65.5 Å². The Bertz CT molecular complexity index is 950. The Balaban J connectivity index is 1.42. The number of rotatable bonds is 7. The number of primary amides is 1. The maximum Gasteiger partial charge on any atom is 0.252 e. The van der Waals surface area contributed by atoms with E-state index in [2.05, 4.69) is 25.8 Å². The van der Waals surface area contributed by atoms with Crippen LogP contribution in [-0.2, 0) is 16.1 Å². The van der Waals surface area contributed by atoms with Crippen LogP contribution in [0.3, 0.4) is 0 Å². The fourth-order valence-electron chi connectivity index (χ4n) is 3.39. The number of benzene rings is 2. The molecule has 1 atom stereocenters. The maximum absolute atomic E-state index is 12.0. The summed E-state index contributed by atoms with van der Waals surface area (Å²) in [5.74, 6) is -0.0473. The van der Waals surface area contributed by atoms with E-state index in [-0.39, 0.29) is 11.3 Å². The molecule has 1 fully saturated rings. The zero-order valence-electron chi connectivity index (χ0n) is 16.4. The molecule has 30 heavy (non-hydrogen) atoms. The van der Waals surface area contributed by atoms with Crippen molar-refractivity contribution in [3.8, 4) is 5.75 Å². The minimum atomic E-state index is -0.654. The van der Waals surface area contributed by atoms with Gasteiger partial charge in [-0.3, -0.25) is 4.79 Å². The lowest BCUT2D eigenvalue weighted by Crippen LogP contribution is -2.36. The van der Waals surface area contributed by atoms with Gasteiger partial charge in [0.15, 0.2) is 12.0 Å². The fraction of sp³-hybridized carbons (Fsp3) is 0.286. The monoisotopic (exact) mass is 408 g/mol. The molecule has 2 heterocycles. The molecule has 2 aliphatic heterocycles. The number of morpholine rings is 1. The molecule has 5 N–H and O–H groups in total. The lowest BCUT2D eigenvalue weighted by Gasteiger charge is -2.29. The number of nitrogens with zero attached hydrogens (tertiary/aromatic N) is 3. The third-order valence-corrected chi connectivity index (χ3v) is 5.01. The molecule has 9 nitrogen and oxygen atoms in total. The molecule has 9 heteroatoms. The van der Waals surface area contributed by atoms with Crippen LogP contribution in [-0.4, -0.2) is 43.5 Å². The molecule has 1 saturated heterocycles. The number of phenols is 1. The Hall–Kier alpha value is -3.59. The average molecular weight is 408 g/mol. The van der Waals surface area contributed by atoms with Gasteiger partial charge in [-0.25, -0.2) is 0 Å². The van der Waals surface area contributed by atoms with Crippen molar-refractivity contribution < 1.29 is 14.6 Å². The Kier molecular flexibility index (Phi) is 5.80. The summed E-state index contributed by atoms with van der Waals surface area (Å²) in [6.07, 6.45) is -0.654. The van der Waals surface area contributed by atoms with Crippen LogP contribution in [0.1, 0.15) is 5.56 Å². The van der Waals surface area contributed by atoms with E-state index in [1.165, 1.54) is 0 Å². The van der Waals surface area contributed by atoms with Crippen LogP contribution in [0.2, 0.25) is 0 Å². The van der Waals surface area contributed by atoms with Crippen molar-refractivity contribution in [2.75, 3.05) is 36.5 Å². The summed E-state index contributed by atoms with van der Waals surface area (Å²) in [6, 6.07) is 14.7. The smallest absolute Gasteiger partial charge is 0.252 e. The maximum atomic E-state index is 12.0. The topological polar surface area (TPSA) is 125 Å². The molecule has 2 aliphatic rings. The van der Waals surface area contributed by atoms with E-state index in [1.807, 2.05) is 24.3 Å². The number of aromatic hydroxyl groups is 1. The highest BCUT2D eigenvalue weighted by Gasteiger charge is 2.28. The second-order valence-electron chi connectivity index (χ2n) is 7.06. The molecule has 4 rings (SSSR count). The number of carbonyl (C=O) groups excluding carboxylic acids is 1. The van der Waals surface area contributed by atoms with Gasteiger partial charge in [0.25, 0.3) is 5.91 Å². The van der Waals surface area contributed by atoms with Gasteiger partial charge in [-0.1, -0.05) is 12.1 Å². The molecular weight excluding hydrogens is 384 g/mol. The van der Waals surface area contributed by atoms with Crippen LogP contribution in [0.15, 0.2) is 70.2 Å². The number of amides is 1. The number of hydrogen-bond donors (Lipinski definition) is 4. The highest BCUT2D eigenvalue weighted by atomic mass is 16.5. The van der Waals surface area contributed by atoms with Gasteiger partial charge in [-0.05, 0) is 42.0 Å². The highest BCUT2D eigenvalue weighted by Crippen LogP contribution is 2.25. The molecule has 2 aromatic carbocycles. The second-order valence-corrected chi connectivity index (χ2v) is 7.06. The Labute approximate surface area is 174 Å². The number of phenolic OH excluding ortho intramolecular Hbond substituents is 1. The van der Waals surface area contributed by atoms with Gasteiger partial charge in [-0.15, -0.1) is 5.11 Å². The third-order valence-electron chi connectivity index (χ3n) is 5.01. The highest BCUT2D eigenvalue weighted by molar-refractivity contribution is 5.94. The van der Waals surface area contributed by atoms with Gasteiger partial charge in [0.1, 0.15) is 11.3 Å². The standard InChI is InChI=1S/C21H24N6O3/c22-19(29)18-20(23-13-14-1-7-17(28)8-2-14)25-26-21(18)24-15-3-5-16(6-4-15)27-9-11-30-12-10-27/h1-8,21,23-24,28H,9-13H2,(H2,22,29). The van der Waals surface area contributed by atoms with E-state index in [9.17, 15) is 9.90 Å². The molecule has 0 radical (unpaired) electrons. The minimum absolute atomic E-state index is 0.195. The van der Waals surface area contributed by atoms with Gasteiger partial charge in [0.2, 0.25) is 0 Å². The summed E-state index contributed by atoms with van der Waals surface area (Å²) in [6.45, 7) is 3.62. The van der Waals surface area contributed by atoms with Crippen molar-refractivity contribution >= 4 is 17.3 Å². The number of ether oxygens (including phenoxy) is 1. The first-order valence-electron chi connectivity index (χ1n) is 9.76. The predicted octanol–water partition coefficient (Wildman–Crippen LogP) is 1.92. The summed E-state index contributed by atoms with van der Waals surface area (Å²) in [5, 5.41) is 23.9. The van der Waals surface area contributed by atoms with Crippen molar-refractivity contribution in [3.63, 3.8) is 0 Å². The number of anilines is 2. The van der Waals surface area contributed by atoms with Crippen LogP contribution in [0.4, 0.5) is 11.4 Å². The molecule has 1 amide bonds. The Morgan fingerprint density at radius 2 is 1.83 bits per heavy atom. The van der Waals surface area contributed by atoms with Crippen molar-refractivity contribution in [2.45, 2.75) is 12.7 Å². The number of carbonyl (C=O) groups is 1. The lowest BCUT2D eigenvalue weighted by atomic mass is 10.1. The minimum Gasteiger partial charge on any atom is -0.508 e. The molecule has 2 aromatic rings. The van der Waals surface area contributed by atoms with Crippen LogP contribution >= 0.6 is 0 Å². The summed E-state index contributed by atoms with van der Waals surface area (Å²) in [7, 11) is 0. The normalized spacial score (nSPS) is 18.5. The zero-order chi connectivity index (χ0) is 20.9. The number of nitrogens with one attached hydrogen (secondary N) is 2. The Morgan fingerprint density at radius 3 is 2.50 bits per heavy atom. The van der Waals surface area contributed by atoms with E-state index >= 15 is 0 Å². The first kappa shape index (κ1) is 19.7. The summed E-state index contributed by atoms with van der Waals surface area (Å²) in [4.78, 5) is 14.3. The van der Waals surface area contributed by atoms with Crippen molar-refractivity contribution in [1.29, 1.82) is 0 Å². The van der Waals surface area contributed by atoms with Gasteiger partial charge < -0.3 is 31.1 Å². The SMILES string of the molecule is NC(=O)C1=C(NCc2ccc(O)cc2)N=NC1Nc1ccc(N2CCOCC2)cc1. The fourth-order valence-corrected chi connectivity index (χ4v) is 3.39. The van der Waals surface area contributed by atoms with Crippen LogP contribution in [0.25, 0.3) is 0 Å². The van der Waals surface area contributed by atoms with Gasteiger partial charge in [0.05, 0.1) is 13.2 Å².